The van der Waals surface area contributed by atoms with Crippen molar-refractivity contribution < 1.29 is 0 Å². The molecule has 5 nitrogen and oxygen atoms in total. The van der Waals surface area contributed by atoms with Crippen molar-refractivity contribution in [2.75, 3.05) is 5.32 Å². The Labute approximate surface area is 135 Å². The van der Waals surface area contributed by atoms with E-state index in [1.54, 1.807) is 0 Å². The number of hydrogen-bond donors (Lipinski definition) is 1. The molecule has 5 heteroatoms. The minimum absolute atomic E-state index is 0.677. The summed E-state index contributed by atoms with van der Waals surface area (Å²) in [5.74, 6) is 0. The molecule has 0 radical (unpaired) electrons. The second-order valence-electron chi connectivity index (χ2n) is 5.14. The molecular weight excluding hydrogens is 288 g/mol. The third kappa shape index (κ3) is 4.52. The van der Waals surface area contributed by atoms with Crippen LogP contribution in [0.1, 0.15) is 12.8 Å². The molecule has 1 aliphatic heterocycles. The molecule has 2 aromatic rings. The maximum atomic E-state index is 11.4. The number of rotatable bonds is 4. The molecule has 1 heterocycles. The maximum Gasteiger partial charge on any atom is 0.0858 e. The molecule has 0 aromatic heterocycles. The van der Waals surface area contributed by atoms with E-state index in [1.165, 1.54) is 12.4 Å². The van der Waals surface area contributed by atoms with Crippen molar-refractivity contribution in [2.24, 2.45) is 10.2 Å². The van der Waals surface area contributed by atoms with E-state index in [9.17, 15) is 5.21 Å². The zero-order valence-electron chi connectivity index (χ0n) is 12.6. The lowest BCUT2D eigenvalue weighted by Gasteiger charge is -2.19. The van der Waals surface area contributed by atoms with Gasteiger partial charge in [-0.1, -0.05) is 24.3 Å². The van der Waals surface area contributed by atoms with Crippen molar-refractivity contribution in [3.8, 4) is 0 Å². The summed E-state index contributed by atoms with van der Waals surface area (Å²) in [7, 11) is 0. The van der Waals surface area contributed by atoms with Gasteiger partial charge < -0.3 is 15.6 Å². The van der Waals surface area contributed by atoms with Crippen LogP contribution in [0.3, 0.4) is 0 Å². The van der Waals surface area contributed by atoms with Crippen LogP contribution in [0.15, 0.2) is 89.0 Å². The molecule has 1 aliphatic rings. The summed E-state index contributed by atoms with van der Waals surface area (Å²) in [6, 6.07) is 17.6. The first-order chi connectivity index (χ1) is 11.3. The van der Waals surface area contributed by atoms with E-state index in [0.29, 0.717) is 12.1 Å². The standard InChI is InChI=1S/C18H17N4O/c23-22-13-5-4-8-18(14-22)21-20-17-11-9-16(10-12-17)19-15-6-2-1-3-7-15/h1-3,5-7,9-14,19H,4,8H2/q-1. The van der Waals surface area contributed by atoms with Crippen LogP contribution < -0.4 is 5.32 Å². The first-order valence-electron chi connectivity index (χ1n) is 7.46. The van der Waals surface area contributed by atoms with Gasteiger partial charge in [-0.15, -0.1) is 0 Å². The summed E-state index contributed by atoms with van der Waals surface area (Å²) in [5, 5.41) is 23.8. The van der Waals surface area contributed by atoms with Gasteiger partial charge >= 0.3 is 0 Å². The van der Waals surface area contributed by atoms with Gasteiger partial charge in [0.1, 0.15) is 0 Å². The smallest absolute Gasteiger partial charge is 0.0858 e. The molecule has 116 valence electrons. The third-order valence-electron chi connectivity index (χ3n) is 3.32. The van der Waals surface area contributed by atoms with Crippen LogP contribution in [0.2, 0.25) is 0 Å². The van der Waals surface area contributed by atoms with Gasteiger partial charge in [-0.25, -0.2) is 0 Å². The van der Waals surface area contributed by atoms with Crippen molar-refractivity contribution in [1.29, 1.82) is 0 Å². The van der Waals surface area contributed by atoms with Gasteiger partial charge in [0, 0.05) is 17.6 Å². The SMILES string of the molecule is [O-]N1C=CCCC(N=Nc2ccc(Nc3ccccc3)cc2)=C1. The fraction of sp³-hybridized carbons (Fsp3) is 0.111. The number of nitrogens with zero attached hydrogens (tertiary/aromatic N) is 3. The van der Waals surface area contributed by atoms with Crippen LogP contribution in [0, 0.1) is 5.21 Å². The van der Waals surface area contributed by atoms with Crippen molar-refractivity contribution in [3.05, 3.63) is 84.0 Å². The highest BCUT2D eigenvalue weighted by Gasteiger charge is 1.99. The molecule has 0 bridgehead atoms. The number of anilines is 2. The van der Waals surface area contributed by atoms with Crippen LogP contribution >= 0.6 is 0 Å². The summed E-state index contributed by atoms with van der Waals surface area (Å²) in [5.41, 5.74) is 3.45. The fourth-order valence-electron chi connectivity index (χ4n) is 2.16. The number of azo groups is 1. The predicted octanol–water partition coefficient (Wildman–Crippen LogP) is 5.46. The Kier molecular flexibility index (Phi) is 4.81. The summed E-state index contributed by atoms with van der Waals surface area (Å²) in [6.45, 7) is 0. The van der Waals surface area contributed by atoms with Crippen LogP contribution in [0.25, 0.3) is 0 Å². The Morgan fingerprint density at radius 2 is 1.65 bits per heavy atom. The number of hydroxylamine groups is 2. The van der Waals surface area contributed by atoms with E-state index in [1.807, 2.05) is 60.7 Å². The van der Waals surface area contributed by atoms with Gasteiger partial charge in [0.15, 0.2) is 0 Å². The molecule has 0 spiro atoms. The number of allylic oxidation sites excluding steroid dienone is 2. The molecule has 0 saturated heterocycles. The highest BCUT2D eigenvalue weighted by Crippen LogP contribution is 2.22. The summed E-state index contributed by atoms with van der Waals surface area (Å²) >= 11 is 0. The van der Waals surface area contributed by atoms with Gasteiger partial charge in [0.25, 0.3) is 0 Å². The number of benzene rings is 2. The summed E-state index contributed by atoms with van der Waals surface area (Å²) in [4.78, 5) is 0. The Bertz CT molecular complexity index is 720. The average molecular weight is 305 g/mol. The van der Waals surface area contributed by atoms with Crippen LogP contribution in [-0.4, -0.2) is 5.06 Å². The molecule has 0 unspecified atom stereocenters. The Hall–Kier alpha value is -2.92. The lowest BCUT2D eigenvalue weighted by atomic mass is 10.2. The summed E-state index contributed by atoms with van der Waals surface area (Å²) in [6.07, 6.45) is 6.29. The molecule has 23 heavy (non-hydrogen) atoms. The zero-order valence-corrected chi connectivity index (χ0v) is 12.6. The topological polar surface area (TPSA) is 63.0 Å². The van der Waals surface area contributed by atoms with Crippen LogP contribution in [0.5, 0.6) is 0 Å². The fourth-order valence-corrected chi connectivity index (χ4v) is 2.16. The summed E-state index contributed by atoms with van der Waals surface area (Å²) < 4.78 is 0. The Morgan fingerprint density at radius 1 is 0.913 bits per heavy atom. The van der Waals surface area contributed by atoms with E-state index in [-0.39, 0.29) is 0 Å². The molecule has 0 saturated carbocycles. The molecule has 0 aliphatic carbocycles. The van der Waals surface area contributed by atoms with Crippen molar-refractivity contribution in [3.63, 3.8) is 0 Å². The lowest BCUT2D eigenvalue weighted by Crippen LogP contribution is -1.96. The first-order valence-corrected chi connectivity index (χ1v) is 7.46. The minimum atomic E-state index is 0.677. The second-order valence-corrected chi connectivity index (χ2v) is 5.14. The molecule has 0 fully saturated rings. The third-order valence-corrected chi connectivity index (χ3v) is 3.32. The highest BCUT2D eigenvalue weighted by atomic mass is 16.5. The monoisotopic (exact) mass is 305 g/mol. The molecular formula is C18H17N4O-. The molecule has 2 aromatic carbocycles. The lowest BCUT2D eigenvalue weighted by molar-refractivity contribution is 0.689. The Balaban J connectivity index is 1.64. The predicted molar refractivity (Wildman–Crippen MR) is 92.3 cm³/mol. The van der Waals surface area contributed by atoms with Gasteiger partial charge in [-0.05, 0) is 55.4 Å². The van der Waals surface area contributed by atoms with Crippen molar-refractivity contribution in [2.45, 2.75) is 12.8 Å². The van der Waals surface area contributed by atoms with Gasteiger partial charge in [-0.2, -0.15) is 10.2 Å². The van der Waals surface area contributed by atoms with Gasteiger partial charge in [-0.3, -0.25) is 0 Å². The van der Waals surface area contributed by atoms with Gasteiger partial charge in [0.05, 0.1) is 11.4 Å². The van der Waals surface area contributed by atoms with E-state index in [4.69, 9.17) is 0 Å². The van der Waals surface area contributed by atoms with E-state index < -0.39 is 0 Å². The molecule has 0 atom stereocenters. The molecule has 1 N–H and O–H groups in total. The van der Waals surface area contributed by atoms with Crippen molar-refractivity contribution >= 4 is 17.1 Å². The normalized spacial score (nSPS) is 14.7. The maximum absolute atomic E-state index is 11.4. The average Bonchev–Trinajstić information content (AvgIpc) is 2.79. The van der Waals surface area contributed by atoms with E-state index in [0.717, 1.165) is 28.5 Å². The highest BCUT2D eigenvalue weighted by molar-refractivity contribution is 5.61. The van der Waals surface area contributed by atoms with Crippen LogP contribution in [0.4, 0.5) is 17.1 Å². The number of hydrogen-bond acceptors (Lipinski definition) is 5. The zero-order chi connectivity index (χ0) is 15.9. The Morgan fingerprint density at radius 3 is 2.43 bits per heavy atom. The van der Waals surface area contributed by atoms with Crippen molar-refractivity contribution in [1.82, 2.24) is 5.06 Å². The van der Waals surface area contributed by atoms with Gasteiger partial charge in [0.2, 0.25) is 0 Å². The second kappa shape index (κ2) is 7.38. The quantitative estimate of drug-likeness (QED) is 0.762. The molecule has 0 amide bonds. The number of nitrogens with one attached hydrogen (secondary N) is 1. The van der Waals surface area contributed by atoms with Crippen LogP contribution in [-0.2, 0) is 0 Å². The largest absolute Gasteiger partial charge is 0.755 e. The van der Waals surface area contributed by atoms with E-state index in [2.05, 4.69) is 15.5 Å². The molecule has 3 rings (SSSR count). The number of para-hydroxylation sites is 1. The van der Waals surface area contributed by atoms with E-state index >= 15 is 0 Å². The minimum Gasteiger partial charge on any atom is -0.755 e. The first kappa shape index (κ1) is 15.0.